The third kappa shape index (κ3) is 4.29. The van der Waals surface area contributed by atoms with Crippen LogP contribution in [-0.2, 0) is 11.2 Å². The summed E-state index contributed by atoms with van der Waals surface area (Å²) in [6.45, 7) is 0. The maximum absolute atomic E-state index is 12.8. The second-order valence-electron chi connectivity index (χ2n) is 5.32. The fourth-order valence-electron chi connectivity index (χ4n) is 2.48. The number of hydrogen-bond donors (Lipinski definition) is 1. The molecule has 2 rings (SSSR count). The van der Waals surface area contributed by atoms with Crippen LogP contribution in [0.5, 0.6) is 17.2 Å². The SMILES string of the molecule is COc1ccc(C(=O)c2cc(CCC(=O)O)c(OC)cc2OC)cc1. The van der Waals surface area contributed by atoms with Crippen molar-refractivity contribution in [3.8, 4) is 17.2 Å². The molecule has 2 aromatic rings. The number of carboxylic acid groups (broad SMARTS) is 1. The highest BCUT2D eigenvalue weighted by Crippen LogP contribution is 2.31. The predicted molar refractivity (Wildman–Crippen MR) is 91.9 cm³/mol. The Labute approximate surface area is 146 Å². The summed E-state index contributed by atoms with van der Waals surface area (Å²) in [6.07, 6.45) is 0.199. The van der Waals surface area contributed by atoms with Gasteiger partial charge >= 0.3 is 5.97 Å². The molecular weight excluding hydrogens is 324 g/mol. The molecule has 0 heterocycles. The quantitative estimate of drug-likeness (QED) is 0.742. The van der Waals surface area contributed by atoms with E-state index in [0.29, 0.717) is 33.9 Å². The second-order valence-corrected chi connectivity index (χ2v) is 5.32. The van der Waals surface area contributed by atoms with Gasteiger partial charge in [-0.1, -0.05) is 0 Å². The van der Waals surface area contributed by atoms with Gasteiger partial charge in [0.05, 0.1) is 26.9 Å². The molecule has 132 valence electrons. The van der Waals surface area contributed by atoms with Crippen molar-refractivity contribution in [2.45, 2.75) is 12.8 Å². The van der Waals surface area contributed by atoms with Gasteiger partial charge in [0.25, 0.3) is 0 Å². The lowest BCUT2D eigenvalue weighted by Crippen LogP contribution is -2.07. The molecule has 2 aromatic carbocycles. The zero-order valence-corrected chi connectivity index (χ0v) is 14.4. The summed E-state index contributed by atoms with van der Waals surface area (Å²) in [6, 6.07) is 9.98. The van der Waals surface area contributed by atoms with Gasteiger partial charge in [-0.3, -0.25) is 9.59 Å². The Hall–Kier alpha value is -3.02. The van der Waals surface area contributed by atoms with Crippen molar-refractivity contribution in [2.75, 3.05) is 21.3 Å². The molecule has 0 bridgehead atoms. The first-order valence-electron chi connectivity index (χ1n) is 7.65. The minimum absolute atomic E-state index is 0.0567. The molecule has 0 aliphatic heterocycles. The van der Waals surface area contributed by atoms with E-state index in [9.17, 15) is 9.59 Å². The van der Waals surface area contributed by atoms with Gasteiger partial charge < -0.3 is 19.3 Å². The molecule has 0 amide bonds. The lowest BCUT2D eigenvalue weighted by Gasteiger charge is -2.14. The van der Waals surface area contributed by atoms with Crippen LogP contribution >= 0.6 is 0 Å². The normalized spacial score (nSPS) is 10.2. The molecular formula is C19H20O6. The molecule has 0 saturated carbocycles. The molecule has 0 aliphatic carbocycles. The molecule has 0 fully saturated rings. The summed E-state index contributed by atoms with van der Waals surface area (Å²) in [5.41, 5.74) is 1.48. The zero-order chi connectivity index (χ0) is 18.4. The molecule has 0 aromatic heterocycles. The highest BCUT2D eigenvalue weighted by molar-refractivity contribution is 6.11. The van der Waals surface area contributed by atoms with Crippen LogP contribution in [-0.4, -0.2) is 38.2 Å². The van der Waals surface area contributed by atoms with Gasteiger partial charge in [-0.15, -0.1) is 0 Å². The summed E-state index contributed by atoms with van der Waals surface area (Å²) in [5, 5.41) is 8.90. The summed E-state index contributed by atoms with van der Waals surface area (Å²) in [4.78, 5) is 23.7. The first-order chi connectivity index (χ1) is 12.0. The number of hydrogen-bond acceptors (Lipinski definition) is 5. The largest absolute Gasteiger partial charge is 0.497 e. The lowest BCUT2D eigenvalue weighted by molar-refractivity contribution is -0.136. The highest BCUT2D eigenvalue weighted by atomic mass is 16.5. The van der Waals surface area contributed by atoms with Gasteiger partial charge in [0.2, 0.25) is 0 Å². The van der Waals surface area contributed by atoms with Crippen LogP contribution in [0.4, 0.5) is 0 Å². The van der Waals surface area contributed by atoms with Crippen molar-refractivity contribution in [3.05, 3.63) is 53.1 Å². The Kier molecular flexibility index (Phi) is 6.00. The zero-order valence-electron chi connectivity index (χ0n) is 14.4. The molecule has 25 heavy (non-hydrogen) atoms. The number of aryl methyl sites for hydroxylation is 1. The smallest absolute Gasteiger partial charge is 0.303 e. The topological polar surface area (TPSA) is 82.1 Å². The van der Waals surface area contributed by atoms with Gasteiger partial charge in [0.15, 0.2) is 5.78 Å². The van der Waals surface area contributed by atoms with Crippen LogP contribution in [0, 0.1) is 0 Å². The van der Waals surface area contributed by atoms with Crippen LogP contribution in [0.2, 0.25) is 0 Å². The maximum atomic E-state index is 12.8. The van der Waals surface area contributed by atoms with Crippen LogP contribution in [0.15, 0.2) is 36.4 Å². The first kappa shape index (κ1) is 18.3. The van der Waals surface area contributed by atoms with Crippen molar-refractivity contribution in [1.29, 1.82) is 0 Å². The average Bonchev–Trinajstić information content (AvgIpc) is 2.65. The van der Waals surface area contributed by atoms with Crippen molar-refractivity contribution >= 4 is 11.8 Å². The highest BCUT2D eigenvalue weighted by Gasteiger charge is 2.19. The maximum Gasteiger partial charge on any atom is 0.303 e. The minimum atomic E-state index is -0.916. The minimum Gasteiger partial charge on any atom is -0.497 e. The third-order valence-corrected chi connectivity index (χ3v) is 3.81. The summed E-state index contributed by atoms with van der Waals surface area (Å²) in [7, 11) is 4.51. The number of benzene rings is 2. The molecule has 0 atom stereocenters. The number of carbonyl (C=O) groups excluding carboxylic acids is 1. The van der Waals surface area contributed by atoms with Gasteiger partial charge in [0.1, 0.15) is 17.2 Å². The molecule has 1 N–H and O–H groups in total. The number of aliphatic carboxylic acids is 1. The summed E-state index contributed by atoms with van der Waals surface area (Å²) >= 11 is 0. The molecule has 0 saturated heterocycles. The first-order valence-corrected chi connectivity index (χ1v) is 7.65. The van der Waals surface area contributed by atoms with E-state index < -0.39 is 5.97 Å². The fraction of sp³-hybridized carbons (Fsp3) is 0.263. The van der Waals surface area contributed by atoms with E-state index in [1.54, 1.807) is 43.5 Å². The van der Waals surface area contributed by atoms with E-state index in [1.165, 1.54) is 14.2 Å². The number of ketones is 1. The molecule has 0 radical (unpaired) electrons. The van der Waals surface area contributed by atoms with Crippen molar-refractivity contribution in [2.24, 2.45) is 0 Å². The molecule has 0 aliphatic rings. The molecule has 0 unspecified atom stereocenters. The van der Waals surface area contributed by atoms with E-state index in [0.717, 1.165) is 0 Å². The molecule has 6 heteroatoms. The standard InChI is InChI=1S/C19H20O6/c1-23-14-7-4-12(5-8-14)19(22)15-10-13(6-9-18(20)21)16(24-2)11-17(15)25-3/h4-5,7-8,10-11H,6,9H2,1-3H3,(H,20,21). The van der Waals surface area contributed by atoms with Crippen LogP contribution < -0.4 is 14.2 Å². The number of methoxy groups -OCH3 is 3. The van der Waals surface area contributed by atoms with E-state index >= 15 is 0 Å². The van der Waals surface area contributed by atoms with E-state index in [-0.39, 0.29) is 18.6 Å². The Morgan fingerprint density at radius 3 is 2.08 bits per heavy atom. The number of rotatable bonds is 8. The van der Waals surface area contributed by atoms with Crippen molar-refractivity contribution < 1.29 is 28.9 Å². The average molecular weight is 344 g/mol. The van der Waals surface area contributed by atoms with Gasteiger partial charge in [-0.05, 0) is 42.3 Å². The number of ether oxygens (including phenoxy) is 3. The monoisotopic (exact) mass is 344 g/mol. The van der Waals surface area contributed by atoms with Crippen molar-refractivity contribution in [1.82, 2.24) is 0 Å². The predicted octanol–water partition coefficient (Wildman–Crippen LogP) is 2.96. The van der Waals surface area contributed by atoms with E-state index in [1.807, 2.05) is 0 Å². The van der Waals surface area contributed by atoms with Crippen LogP contribution in [0.3, 0.4) is 0 Å². The number of carbonyl (C=O) groups is 2. The Morgan fingerprint density at radius 1 is 0.920 bits per heavy atom. The third-order valence-electron chi connectivity index (χ3n) is 3.81. The van der Waals surface area contributed by atoms with Gasteiger partial charge in [-0.25, -0.2) is 0 Å². The summed E-state index contributed by atoms with van der Waals surface area (Å²) in [5.74, 6) is 0.376. The molecule has 6 nitrogen and oxygen atoms in total. The lowest BCUT2D eigenvalue weighted by atomic mass is 9.97. The van der Waals surface area contributed by atoms with E-state index in [4.69, 9.17) is 19.3 Å². The van der Waals surface area contributed by atoms with E-state index in [2.05, 4.69) is 0 Å². The Morgan fingerprint density at radius 2 is 1.56 bits per heavy atom. The van der Waals surface area contributed by atoms with Gasteiger partial charge in [-0.2, -0.15) is 0 Å². The number of carboxylic acids is 1. The second kappa shape index (κ2) is 8.19. The Balaban J connectivity index is 2.44. The van der Waals surface area contributed by atoms with Gasteiger partial charge in [0, 0.05) is 18.1 Å². The molecule has 0 spiro atoms. The Bertz CT molecular complexity index is 764. The van der Waals surface area contributed by atoms with Crippen LogP contribution in [0.1, 0.15) is 27.9 Å². The van der Waals surface area contributed by atoms with Crippen molar-refractivity contribution in [3.63, 3.8) is 0 Å². The fourth-order valence-corrected chi connectivity index (χ4v) is 2.48. The summed E-state index contributed by atoms with van der Waals surface area (Å²) < 4.78 is 15.7. The van der Waals surface area contributed by atoms with Crippen LogP contribution in [0.25, 0.3) is 0 Å².